The van der Waals surface area contributed by atoms with Crippen LogP contribution in [0.1, 0.15) is 34.6 Å². The van der Waals surface area contributed by atoms with Gasteiger partial charge in [-0.25, -0.2) is 0 Å². The largest absolute Gasteiger partial charge is 0.496 e. The van der Waals surface area contributed by atoms with Crippen LogP contribution >= 0.6 is 0 Å². The number of carbonyl (C=O) groups excluding carboxylic acids is 2. The molecule has 138 valence electrons. The van der Waals surface area contributed by atoms with E-state index in [9.17, 15) is 9.59 Å². The van der Waals surface area contributed by atoms with Crippen LogP contribution in [0.3, 0.4) is 0 Å². The average Bonchev–Trinajstić information content (AvgIpc) is 2.66. The van der Waals surface area contributed by atoms with Crippen LogP contribution in [0.4, 0.5) is 5.69 Å². The molecule has 0 heterocycles. The van der Waals surface area contributed by atoms with Crippen molar-refractivity contribution in [2.75, 3.05) is 12.4 Å². The molecule has 0 unspecified atom stereocenters. The minimum Gasteiger partial charge on any atom is -0.496 e. The molecule has 0 atom stereocenters. The summed E-state index contributed by atoms with van der Waals surface area (Å²) in [5.74, 6) is -0.0795. The van der Waals surface area contributed by atoms with Gasteiger partial charge >= 0.3 is 0 Å². The van der Waals surface area contributed by atoms with Crippen LogP contribution in [0.2, 0.25) is 0 Å². The van der Waals surface area contributed by atoms with E-state index in [4.69, 9.17) is 4.74 Å². The number of amides is 2. The Kier molecular flexibility index (Phi) is 5.41. The zero-order chi connectivity index (χ0) is 19.4. The van der Waals surface area contributed by atoms with Gasteiger partial charge < -0.3 is 15.4 Å². The van der Waals surface area contributed by atoms with Gasteiger partial charge in [0, 0.05) is 6.04 Å². The van der Waals surface area contributed by atoms with Gasteiger partial charge in [0.25, 0.3) is 11.8 Å². The Bertz CT molecular complexity index is 996. The fourth-order valence-corrected chi connectivity index (χ4v) is 2.89. The molecule has 2 N–H and O–H groups in total. The normalized spacial score (nSPS) is 10.7. The van der Waals surface area contributed by atoms with Crippen molar-refractivity contribution in [2.24, 2.45) is 0 Å². The van der Waals surface area contributed by atoms with Crippen molar-refractivity contribution in [2.45, 2.75) is 19.9 Å². The molecule has 27 heavy (non-hydrogen) atoms. The number of anilines is 1. The minimum absolute atomic E-state index is 0.00170. The highest BCUT2D eigenvalue weighted by molar-refractivity contribution is 6.11. The second-order valence-corrected chi connectivity index (χ2v) is 6.53. The van der Waals surface area contributed by atoms with Gasteiger partial charge in [0.05, 0.1) is 23.9 Å². The number of hydrogen-bond donors (Lipinski definition) is 2. The Hall–Kier alpha value is -3.34. The van der Waals surface area contributed by atoms with Crippen LogP contribution in [-0.4, -0.2) is 25.0 Å². The van der Waals surface area contributed by atoms with Crippen molar-refractivity contribution in [1.29, 1.82) is 0 Å². The van der Waals surface area contributed by atoms with Crippen molar-refractivity contribution >= 4 is 28.3 Å². The number of para-hydroxylation sites is 1. The Labute approximate surface area is 158 Å². The van der Waals surface area contributed by atoms with Gasteiger partial charge in [-0.05, 0) is 48.9 Å². The lowest BCUT2D eigenvalue weighted by Crippen LogP contribution is -2.31. The highest BCUT2D eigenvalue weighted by Crippen LogP contribution is 2.27. The van der Waals surface area contributed by atoms with Crippen LogP contribution in [-0.2, 0) is 0 Å². The smallest absolute Gasteiger partial charge is 0.259 e. The lowest BCUT2D eigenvalue weighted by molar-refractivity contribution is 0.0944. The number of nitrogens with one attached hydrogen (secondary N) is 2. The van der Waals surface area contributed by atoms with Crippen LogP contribution in [0.15, 0.2) is 60.7 Å². The third-order valence-corrected chi connectivity index (χ3v) is 4.15. The average molecular weight is 362 g/mol. The van der Waals surface area contributed by atoms with E-state index in [0.717, 1.165) is 10.8 Å². The molecule has 0 fully saturated rings. The molecule has 5 heteroatoms. The molecule has 0 aliphatic heterocycles. The molecule has 5 nitrogen and oxygen atoms in total. The summed E-state index contributed by atoms with van der Waals surface area (Å²) >= 11 is 0. The zero-order valence-corrected chi connectivity index (χ0v) is 15.6. The van der Waals surface area contributed by atoms with E-state index in [1.165, 1.54) is 7.11 Å². The SMILES string of the molecule is COc1cc2ccccc2cc1C(=O)Nc1ccccc1C(=O)NC(C)C. The maximum absolute atomic E-state index is 12.9. The van der Waals surface area contributed by atoms with E-state index < -0.39 is 0 Å². The number of carbonyl (C=O) groups is 2. The van der Waals surface area contributed by atoms with Crippen LogP contribution in [0.25, 0.3) is 10.8 Å². The predicted molar refractivity (Wildman–Crippen MR) is 107 cm³/mol. The molecule has 0 radical (unpaired) electrons. The number of methoxy groups -OCH3 is 1. The molecular formula is C22H22N2O3. The first kappa shape index (κ1) is 18.5. The van der Waals surface area contributed by atoms with Gasteiger partial charge in [-0.1, -0.05) is 36.4 Å². The number of fused-ring (bicyclic) bond motifs is 1. The van der Waals surface area contributed by atoms with Crippen LogP contribution < -0.4 is 15.4 Å². The van der Waals surface area contributed by atoms with E-state index in [-0.39, 0.29) is 17.9 Å². The Balaban J connectivity index is 1.94. The first-order valence-corrected chi connectivity index (χ1v) is 8.77. The molecular weight excluding hydrogens is 340 g/mol. The summed E-state index contributed by atoms with van der Waals surface area (Å²) in [6.45, 7) is 3.78. The molecule has 0 aromatic heterocycles. The maximum Gasteiger partial charge on any atom is 0.259 e. The minimum atomic E-state index is -0.331. The molecule has 0 saturated heterocycles. The van der Waals surface area contributed by atoms with E-state index in [0.29, 0.717) is 22.6 Å². The molecule has 3 aromatic rings. The highest BCUT2D eigenvalue weighted by Gasteiger charge is 2.17. The Morgan fingerprint density at radius 1 is 0.852 bits per heavy atom. The van der Waals surface area contributed by atoms with Crippen LogP contribution in [0.5, 0.6) is 5.75 Å². The van der Waals surface area contributed by atoms with E-state index >= 15 is 0 Å². The molecule has 3 aromatic carbocycles. The third kappa shape index (κ3) is 4.08. The number of hydrogen-bond acceptors (Lipinski definition) is 3. The quantitative estimate of drug-likeness (QED) is 0.713. The maximum atomic E-state index is 12.9. The summed E-state index contributed by atoms with van der Waals surface area (Å²) in [6.07, 6.45) is 0. The summed E-state index contributed by atoms with van der Waals surface area (Å²) in [6, 6.07) is 18.3. The van der Waals surface area contributed by atoms with E-state index in [1.54, 1.807) is 30.3 Å². The molecule has 0 bridgehead atoms. The van der Waals surface area contributed by atoms with E-state index in [1.807, 2.05) is 44.2 Å². The Morgan fingerprint density at radius 3 is 2.15 bits per heavy atom. The van der Waals surface area contributed by atoms with Crippen molar-refractivity contribution < 1.29 is 14.3 Å². The van der Waals surface area contributed by atoms with Gasteiger partial charge in [-0.15, -0.1) is 0 Å². The Morgan fingerprint density at radius 2 is 1.48 bits per heavy atom. The summed E-state index contributed by atoms with van der Waals surface area (Å²) in [7, 11) is 1.53. The van der Waals surface area contributed by atoms with Gasteiger partial charge in [0.1, 0.15) is 5.75 Å². The fourth-order valence-electron chi connectivity index (χ4n) is 2.89. The number of ether oxygens (including phenoxy) is 1. The van der Waals surface area contributed by atoms with Crippen molar-refractivity contribution in [1.82, 2.24) is 5.32 Å². The van der Waals surface area contributed by atoms with E-state index in [2.05, 4.69) is 10.6 Å². The molecule has 2 amide bonds. The van der Waals surface area contributed by atoms with Gasteiger partial charge in [0.2, 0.25) is 0 Å². The standard InChI is InChI=1S/C22H22N2O3/c1-14(2)23-21(25)17-10-6-7-11-19(17)24-22(26)18-12-15-8-4-5-9-16(15)13-20(18)27-3/h4-14H,1-3H3,(H,23,25)(H,24,26). The van der Waals surface area contributed by atoms with Gasteiger partial charge in [-0.3, -0.25) is 9.59 Å². The van der Waals surface area contributed by atoms with Crippen molar-refractivity contribution in [3.8, 4) is 5.75 Å². The van der Waals surface area contributed by atoms with Crippen molar-refractivity contribution in [3.63, 3.8) is 0 Å². The fraction of sp³-hybridized carbons (Fsp3) is 0.182. The number of benzene rings is 3. The second kappa shape index (κ2) is 7.91. The summed E-state index contributed by atoms with van der Waals surface area (Å²) in [5.41, 5.74) is 1.28. The highest BCUT2D eigenvalue weighted by atomic mass is 16.5. The zero-order valence-electron chi connectivity index (χ0n) is 15.6. The van der Waals surface area contributed by atoms with Gasteiger partial charge in [-0.2, -0.15) is 0 Å². The molecule has 0 spiro atoms. The molecule has 3 rings (SSSR count). The summed E-state index contributed by atoms with van der Waals surface area (Å²) in [5, 5.41) is 7.61. The molecule has 0 saturated carbocycles. The first-order chi connectivity index (χ1) is 13.0. The molecule has 0 aliphatic rings. The third-order valence-electron chi connectivity index (χ3n) is 4.15. The topological polar surface area (TPSA) is 67.4 Å². The van der Waals surface area contributed by atoms with Crippen LogP contribution in [0, 0.1) is 0 Å². The summed E-state index contributed by atoms with van der Waals surface area (Å²) in [4.78, 5) is 25.3. The monoisotopic (exact) mass is 362 g/mol. The first-order valence-electron chi connectivity index (χ1n) is 8.77. The summed E-state index contributed by atoms with van der Waals surface area (Å²) < 4.78 is 5.40. The predicted octanol–water partition coefficient (Wildman–Crippen LogP) is 4.24. The molecule has 0 aliphatic carbocycles. The lowest BCUT2D eigenvalue weighted by Gasteiger charge is -2.14. The number of rotatable bonds is 5. The van der Waals surface area contributed by atoms with Gasteiger partial charge in [0.15, 0.2) is 0 Å². The second-order valence-electron chi connectivity index (χ2n) is 6.53. The lowest BCUT2D eigenvalue weighted by atomic mass is 10.0. The van der Waals surface area contributed by atoms with Crippen molar-refractivity contribution in [3.05, 3.63) is 71.8 Å².